The topological polar surface area (TPSA) is 351 Å². The molecule has 0 saturated carbocycles. The van der Waals surface area contributed by atoms with Crippen LogP contribution >= 0.6 is 0 Å². The number of piperidine rings is 1. The molecule has 3 amide bonds. The van der Waals surface area contributed by atoms with Crippen LogP contribution in [0.15, 0.2) is 102 Å². The number of carbonyl (C=O) groups is 5. The SMILES string of the molecule is CCN(C)C/C(O)=C\C1(/C=C(/O)CNC(C)Cc2ccc(Nc3nc(NCCCCCCCC(=O)NCCCC[C@H](NC(=O)N[C@@H](CCC(=O)O)C(=O)O)C(=O)O)nc(N4CCC(c5ccccc5)CC4)n3)cc2)/C=C(/O)CN(C)CCN(C)C/C(O)=C\1. The largest absolute Gasteiger partial charge is 0.511 e. The molecular formula is C63H95N13O12. The minimum Gasteiger partial charge on any atom is -0.511 e. The maximum atomic E-state index is 12.5. The predicted molar refractivity (Wildman–Crippen MR) is 339 cm³/mol. The van der Waals surface area contributed by atoms with Crippen molar-refractivity contribution in [3.63, 3.8) is 0 Å². The number of benzene rings is 2. The van der Waals surface area contributed by atoms with Gasteiger partial charge in [0.1, 0.15) is 35.1 Å². The Hall–Kier alpha value is -8.00. The number of carboxylic acid groups (broad SMARTS) is 3. The molecule has 3 heterocycles. The number of aliphatic carboxylic acids is 3. The Morgan fingerprint density at radius 3 is 1.92 bits per heavy atom. The Labute approximate surface area is 517 Å². The van der Waals surface area contributed by atoms with Gasteiger partial charge in [0.15, 0.2) is 0 Å². The monoisotopic (exact) mass is 1230 g/mol. The first-order chi connectivity index (χ1) is 42.1. The number of anilines is 4. The van der Waals surface area contributed by atoms with E-state index in [1.54, 1.807) is 24.3 Å². The number of nitrogens with zero attached hydrogens (tertiary/aromatic N) is 7. The molecule has 0 bridgehead atoms. The van der Waals surface area contributed by atoms with E-state index in [1.807, 2.05) is 80.0 Å². The van der Waals surface area contributed by atoms with Crippen LogP contribution in [0.2, 0.25) is 0 Å². The smallest absolute Gasteiger partial charge is 0.326 e. The van der Waals surface area contributed by atoms with Crippen molar-refractivity contribution in [3.05, 3.63) is 113 Å². The van der Waals surface area contributed by atoms with Crippen molar-refractivity contribution >= 4 is 53.4 Å². The third-order valence-electron chi connectivity index (χ3n) is 15.4. The zero-order valence-corrected chi connectivity index (χ0v) is 51.8. The number of hydrogen-bond acceptors (Lipinski definition) is 19. The minimum absolute atomic E-state index is 0.0205. The number of urea groups is 1. The number of rotatable bonds is 35. The first-order valence-electron chi connectivity index (χ1n) is 30.7. The molecule has 13 N–H and O–H groups in total. The van der Waals surface area contributed by atoms with Crippen LogP contribution in [0.25, 0.3) is 0 Å². The third kappa shape index (κ3) is 26.5. The second-order valence-electron chi connectivity index (χ2n) is 23.2. The first kappa shape index (κ1) is 70.8. The molecule has 1 saturated heterocycles. The number of amides is 3. The number of carboxylic acids is 3. The highest BCUT2D eigenvalue weighted by Crippen LogP contribution is 2.33. The molecule has 1 aromatic heterocycles. The van der Waals surface area contributed by atoms with Crippen LogP contribution in [0.3, 0.4) is 0 Å². The minimum atomic E-state index is -1.49. The van der Waals surface area contributed by atoms with Crippen molar-refractivity contribution < 1.29 is 59.7 Å². The number of hydrogen-bond donors (Lipinski definition) is 13. The van der Waals surface area contributed by atoms with Crippen molar-refractivity contribution in [3.8, 4) is 0 Å². The zero-order chi connectivity index (χ0) is 64.0. The van der Waals surface area contributed by atoms with E-state index < -0.39 is 47.9 Å². The number of carbonyl (C=O) groups excluding carboxylic acids is 2. The van der Waals surface area contributed by atoms with E-state index in [-0.39, 0.29) is 74.0 Å². The molecule has 2 aromatic carbocycles. The lowest BCUT2D eigenvalue weighted by molar-refractivity contribution is -0.140. The van der Waals surface area contributed by atoms with E-state index >= 15 is 0 Å². The number of aliphatic hydroxyl groups is 4. The van der Waals surface area contributed by atoms with Gasteiger partial charge in [0, 0.05) is 63.8 Å². The van der Waals surface area contributed by atoms with Gasteiger partial charge in [-0.1, -0.05) is 68.7 Å². The van der Waals surface area contributed by atoms with Crippen molar-refractivity contribution in [2.45, 2.75) is 128 Å². The van der Waals surface area contributed by atoms with Crippen LogP contribution in [0.4, 0.5) is 28.3 Å². The van der Waals surface area contributed by atoms with Gasteiger partial charge in [-0.2, -0.15) is 15.0 Å². The molecule has 0 radical (unpaired) electrons. The maximum Gasteiger partial charge on any atom is 0.326 e. The fourth-order valence-corrected chi connectivity index (χ4v) is 10.4. The van der Waals surface area contributed by atoms with E-state index in [4.69, 9.17) is 20.1 Å². The summed E-state index contributed by atoms with van der Waals surface area (Å²) in [6.45, 7) is 9.32. The quantitative estimate of drug-likeness (QED) is 0.0204. The average molecular weight is 1230 g/mol. The molecule has 5 rings (SSSR count). The Morgan fingerprint density at radius 2 is 1.30 bits per heavy atom. The standard InChI is InChI=1S/C63H95N13O12/c1-6-73(3)41-50(78)37-63(38-51(79)42-74(4)33-34-75(5)43-52(80)39-63)36-49(77)40-66-44(2)35-45-21-23-48(24-22-45)67-60-70-59(71-61(72-60)76-31-27-47(28-32-76)46-17-11-10-12-18-46)65-30-15-9-7-8-13-20-55(81)64-29-16-14-19-53(57(84)85)68-62(88)69-54(58(86)87)25-26-56(82)83/h10-12,17-18,21-24,36-39,44,47,53-54,66,77-80H,6-9,13-16,19-20,25-35,40-43H2,1-5H3,(H,64,81)(H,82,83)(H,84,85)(H,86,87)(H2,68,69,88)(H2,65,67,70,71,72)/b49-36+,50-37+,51-38+,52-39+/t44?,53-,54-/m0/s1. The number of aliphatic hydroxyl groups excluding tert-OH is 4. The Morgan fingerprint density at radius 1 is 0.705 bits per heavy atom. The van der Waals surface area contributed by atoms with Gasteiger partial charge in [-0.15, -0.1) is 0 Å². The Kier molecular flexibility index (Phi) is 29.7. The van der Waals surface area contributed by atoms with Crippen molar-refractivity contribution in [1.82, 2.24) is 50.9 Å². The van der Waals surface area contributed by atoms with Gasteiger partial charge >= 0.3 is 23.9 Å². The molecule has 0 spiro atoms. The van der Waals surface area contributed by atoms with Crippen LogP contribution < -0.4 is 36.8 Å². The Bertz CT molecular complexity index is 2780. The summed E-state index contributed by atoms with van der Waals surface area (Å²) in [5.74, 6) is -2.15. The molecule has 1 fully saturated rings. The molecule has 2 aliphatic heterocycles. The summed E-state index contributed by atoms with van der Waals surface area (Å²) < 4.78 is 0. The number of allylic oxidation sites excluding steroid dienone is 4. The second-order valence-corrected chi connectivity index (χ2v) is 23.2. The van der Waals surface area contributed by atoms with Gasteiger partial charge < -0.3 is 72.5 Å². The fraction of sp³-hybridized carbons (Fsp3) is 0.556. The third-order valence-corrected chi connectivity index (χ3v) is 15.4. The molecule has 88 heavy (non-hydrogen) atoms. The fourth-order valence-electron chi connectivity index (χ4n) is 10.4. The van der Waals surface area contributed by atoms with Crippen molar-refractivity contribution in [2.24, 2.45) is 5.41 Å². The summed E-state index contributed by atoms with van der Waals surface area (Å²) >= 11 is 0. The highest BCUT2D eigenvalue weighted by atomic mass is 16.4. The van der Waals surface area contributed by atoms with Crippen LogP contribution in [-0.2, 0) is 25.6 Å². The average Bonchev–Trinajstić information content (AvgIpc) is 1.67. The molecule has 0 aliphatic carbocycles. The van der Waals surface area contributed by atoms with E-state index in [0.29, 0.717) is 88.6 Å². The van der Waals surface area contributed by atoms with Crippen LogP contribution in [0.5, 0.6) is 0 Å². The van der Waals surface area contributed by atoms with E-state index in [9.17, 15) is 54.6 Å². The molecule has 1 unspecified atom stereocenters. The summed E-state index contributed by atoms with van der Waals surface area (Å²) in [6, 6.07) is 14.7. The normalized spacial score (nSPS) is 19.0. The lowest BCUT2D eigenvalue weighted by Crippen LogP contribution is -2.51. The van der Waals surface area contributed by atoms with Gasteiger partial charge in [0.05, 0.1) is 31.6 Å². The number of unbranched alkanes of at least 4 members (excludes halogenated alkanes) is 5. The zero-order valence-electron chi connectivity index (χ0n) is 51.8. The molecular weight excluding hydrogens is 1130 g/mol. The van der Waals surface area contributed by atoms with E-state index in [1.165, 1.54) is 5.56 Å². The number of aromatic nitrogens is 3. The second kappa shape index (κ2) is 37.0. The lowest BCUT2D eigenvalue weighted by Gasteiger charge is -2.32. The maximum absolute atomic E-state index is 12.5. The first-order valence-corrected chi connectivity index (χ1v) is 30.7. The van der Waals surface area contributed by atoms with E-state index in [2.05, 4.69) is 61.1 Å². The van der Waals surface area contributed by atoms with Gasteiger partial charge in [0.25, 0.3) is 0 Å². The molecule has 2 aliphatic rings. The molecule has 25 heteroatoms. The highest BCUT2D eigenvalue weighted by molar-refractivity contribution is 5.86. The van der Waals surface area contributed by atoms with Crippen molar-refractivity contribution in [1.29, 1.82) is 0 Å². The molecule has 3 atom stereocenters. The highest BCUT2D eigenvalue weighted by Gasteiger charge is 2.29. The summed E-state index contributed by atoms with van der Waals surface area (Å²) in [6.07, 6.45) is 13.4. The van der Waals surface area contributed by atoms with Crippen LogP contribution in [0, 0.1) is 5.41 Å². The number of likely N-dealkylation sites (N-methyl/N-ethyl adjacent to an activating group) is 3. The van der Waals surface area contributed by atoms with E-state index in [0.717, 1.165) is 62.9 Å². The predicted octanol–water partition coefficient (Wildman–Crippen LogP) is 7.21. The van der Waals surface area contributed by atoms with Gasteiger partial charge in [-0.05, 0) is 146 Å². The molecule has 484 valence electrons. The molecule has 3 aromatic rings. The summed E-state index contributed by atoms with van der Waals surface area (Å²) in [4.78, 5) is 81.4. The number of nitrogens with one attached hydrogen (secondary N) is 6. The van der Waals surface area contributed by atoms with Crippen LogP contribution in [0.1, 0.15) is 114 Å². The summed E-state index contributed by atoms with van der Waals surface area (Å²) in [5, 5.41) is 90.0. The summed E-state index contributed by atoms with van der Waals surface area (Å²) in [7, 11) is 5.67. The van der Waals surface area contributed by atoms with Gasteiger partial charge in [-0.25, -0.2) is 14.4 Å². The van der Waals surface area contributed by atoms with Crippen molar-refractivity contribution in [2.75, 3.05) is 109 Å². The van der Waals surface area contributed by atoms with Gasteiger partial charge in [-0.3, -0.25) is 24.3 Å². The molecule has 25 nitrogen and oxygen atoms in total. The Balaban J connectivity index is 1.11. The van der Waals surface area contributed by atoms with Gasteiger partial charge in [0.2, 0.25) is 23.8 Å². The summed E-state index contributed by atoms with van der Waals surface area (Å²) in [5.41, 5.74) is 1.82. The van der Waals surface area contributed by atoms with Crippen LogP contribution in [-0.4, -0.2) is 207 Å². The lowest BCUT2D eigenvalue weighted by atomic mass is 9.84.